The molecule has 0 saturated heterocycles. The van der Waals surface area contributed by atoms with Gasteiger partial charge in [-0.2, -0.15) is 0 Å². The van der Waals surface area contributed by atoms with Gasteiger partial charge in [-0.15, -0.1) is 0 Å². The van der Waals surface area contributed by atoms with E-state index >= 15 is 0 Å². The second kappa shape index (κ2) is 8.96. The van der Waals surface area contributed by atoms with Crippen LogP contribution in [0.3, 0.4) is 0 Å². The number of hydrogen-bond acceptors (Lipinski definition) is 4. The molecule has 1 saturated carbocycles. The van der Waals surface area contributed by atoms with Gasteiger partial charge in [-0.25, -0.2) is 4.79 Å². The lowest BCUT2D eigenvalue weighted by atomic mass is 9.93. The van der Waals surface area contributed by atoms with E-state index in [-0.39, 0.29) is 24.0 Å². The van der Waals surface area contributed by atoms with Crippen molar-refractivity contribution in [1.29, 1.82) is 0 Å². The van der Waals surface area contributed by atoms with E-state index in [4.69, 9.17) is 21.1 Å². The van der Waals surface area contributed by atoms with Gasteiger partial charge in [0.25, 0.3) is 0 Å². The number of hydrogen-bond donors (Lipinski definition) is 1. The highest BCUT2D eigenvalue weighted by atomic mass is 35.5. The fourth-order valence-electron chi connectivity index (χ4n) is 3.24. The van der Waals surface area contributed by atoms with Crippen molar-refractivity contribution >= 4 is 23.5 Å². The summed E-state index contributed by atoms with van der Waals surface area (Å²) in [4.78, 5) is 24.0. The Bertz CT molecular complexity index is 688. The Morgan fingerprint density at radius 2 is 1.81 bits per heavy atom. The van der Waals surface area contributed by atoms with Crippen LogP contribution in [0.2, 0.25) is 5.02 Å². The third-order valence-corrected chi connectivity index (χ3v) is 4.85. The standard InChI is InChI=1S/C21H30ClNO4/c1-6-18(24)17-11-14(22)12-19(13(17)2)26-16-9-7-15(8-10-16)23-20(25)27-21(3,4)5/h11-12,15-16H,6-10H2,1-5H3,(H,23,25). The van der Waals surface area contributed by atoms with Crippen molar-refractivity contribution in [3.05, 3.63) is 28.3 Å². The molecule has 0 aliphatic heterocycles. The van der Waals surface area contributed by atoms with E-state index < -0.39 is 5.60 Å². The Morgan fingerprint density at radius 3 is 2.37 bits per heavy atom. The predicted molar refractivity (Wildman–Crippen MR) is 107 cm³/mol. The first kappa shape index (κ1) is 21.5. The number of nitrogens with one attached hydrogen (secondary N) is 1. The fraction of sp³-hybridized carbons (Fsp3) is 0.619. The molecule has 0 heterocycles. The molecule has 0 atom stereocenters. The second-order valence-electron chi connectivity index (χ2n) is 8.09. The van der Waals surface area contributed by atoms with Gasteiger partial charge in [-0.05, 0) is 65.5 Å². The number of Topliss-reactive ketones (excluding diaryl/α,β-unsaturated/α-hetero) is 1. The largest absolute Gasteiger partial charge is 0.490 e. The summed E-state index contributed by atoms with van der Waals surface area (Å²) in [5, 5.41) is 3.44. The number of carbonyl (C=O) groups is 2. The summed E-state index contributed by atoms with van der Waals surface area (Å²) in [6, 6.07) is 3.57. The zero-order chi connectivity index (χ0) is 20.2. The number of alkyl carbamates (subject to hydrolysis) is 1. The molecule has 1 aliphatic carbocycles. The van der Waals surface area contributed by atoms with Crippen LogP contribution in [0.5, 0.6) is 5.75 Å². The molecule has 1 aromatic rings. The van der Waals surface area contributed by atoms with Gasteiger partial charge < -0.3 is 14.8 Å². The predicted octanol–water partition coefficient (Wildman–Crippen LogP) is 5.46. The van der Waals surface area contributed by atoms with E-state index in [1.165, 1.54) is 0 Å². The van der Waals surface area contributed by atoms with E-state index in [1.807, 2.05) is 34.6 Å². The van der Waals surface area contributed by atoms with E-state index in [0.29, 0.717) is 22.8 Å². The van der Waals surface area contributed by atoms with Crippen molar-refractivity contribution in [1.82, 2.24) is 5.32 Å². The molecule has 1 N–H and O–H groups in total. The summed E-state index contributed by atoms with van der Waals surface area (Å²) in [7, 11) is 0. The third-order valence-electron chi connectivity index (χ3n) is 4.64. The minimum atomic E-state index is -0.498. The van der Waals surface area contributed by atoms with Crippen LogP contribution >= 0.6 is 11.6 Å². The number of carbonyl (C=O) groups excluding carboxylic acids is 2. The molecular weight excluding hydrogens is 366 g/mol. The van der Waals surface area contributed by atoms with Crippen molar-refractivity contribution < 1.29 is 19.1 Å². The normalized spacial score (nSPS) is 20.1. The molecule has 1 fully saturated rings. The molecule has 0 bridgehead atoms. The Hall–Kier alpha value is -1.75. The highest BCUT2D eigenvalue weighted by Gasteiger charge is 2.26. The number of rotatable bonds is 5. The summed E-state index contributed by atoms with van der Waals surface area (Å²) in [5.41, 5.74) is 0.961. The van der Waals surface area contributed by atoms with Crippen molar-refractivity contribution in [2.45, 2.75) is 84.5 Å². The molecule has 0 radical (unpaired) electrons. The SMILES string of the molecule is CCC(=O)c1cc(Cl)cc(OC2CCC(NC(=O)OC(C)(C)C)CC2)c1C. The van der Waals surface area contributed by atoms with Gasteiger partial charge in [0, 0.05) is 28.6 Å². The Labute approximate surface area is 166 Å². The molecule has 150 valence electrons. The van der Waals surface area contributed by atoms with Crippen molar-refractivity contribution in [3.63, 3.8) is 0 Å². The topological polar surface area (TPSA) is 64.6 Å². The first-order valence-electron chi connectivity index (χ1n) is 9.58. The average molecular weight is 396 g/mol. The van der Waals surface area contributed by atoms with Gasteiger partial charge in [0.05, 0.1) is 6.10 Å². The molecule has 27 heavy (non-hydrogen) atoms. The van der Waals surface area contributed by atoms with Crippen LogP contribution < -0.4 is 10.1 Å². The van der Waals surface area contributed by atoms with Crippen LogP contribution in [0.4, 0.5) is 4.79 Å². The second-order valence-corrected chi connectivity index (χ2v) is 8.53. The lowest BCUT2D eigenvalue weighted by Gasteiger charge is -2.31. The number of amides is 1. The lowest BCUT2D eigenvalue weighted by molar-refractivity contribution is 0.0470. The van der Waals surface area contributed by atoms with Crippen LogP contribution in [0.15, 0.2) is 12.1 Å². The fourth-order valence-corrected chi connectivity index (χ4v) is 3.44. The number of benzene rings is 1. The Kier molecular flexibility index (Phi) is 7.15. The molecule has 0 spiro atoms. The van der Waals surface area contributed by atoms with Gasteiger partial charge in [-0.1, -0.05) is 18.5 Å². The van der Waals surface area contributed by atoms with Crippen LogP contribution in [-0.4, -0.2) is 29.6 Å². The summed E-state index contributed by atoms with van der Waals surface area (Å²) >= 11 is 6.18. The van der Waals surface area contributed by atoms with Gasteiger partial charge in [0.2, 0.25) is 0 Å². The average Bonchev–Trinajstić information content (AvgIpc) is 2.57. The van der Waals surface area contributed by atoms with Gasteiger partial charge in [0.15, 0.2) is 5.78 Å². The van der Waals surface area contributed by atoms with Crippen LogP contribution in [0.25, 0.3) is 0 Å². The van der Waals surface area contributed by atoms with Crippen LogP contribution in [0, 0.1) is 6.92 Å². The maximum Gasteiger partial charge on any atom is 0.407 e. The zero-order valence-corrected chi connectivity index (χ0v) is 17.6. The maximum absolute atomic E-state index is 12.1. The lowest BCUT2D eigenvalue weighted by Crippen LogP contribution is -2.42. The van der Waals surface area contributed by atoms with Gasteiger partial charge in [0.1, 0.15) is 11.4 Å². The molecule has 0 unspecified atom stereocenters. The monoisotopic (exact) mass is 395 g/mol. The molecular formula is C21H30ClNO4. The minimum Gasteiger partial charge on any atom is -0.490 e. The molecule has 0 aromatic heterocycles. The van der Waals surface area contributed by atoms with Gasteiger partial charge >= 0.3 is 6.09 Å². The number of ether oxygens (including phenoxy) is 2. The van der Waals surface area contributed by atoms with Crippen LogP contribution in [-0.2, 0) is 4.74 Å². The maximum atomic E-state index is 12.1. The van der Waals surface area contributed by atoms with Crippen LogP contribution in [0.1, 0.15) is 75.7 Å². The quantitative estimate of drug-likeness (QED) is 0.672. The molecule has 5 nitrogen and oxygen atoms in total. The van der Waals surface area contributed by atoms with Crippen molar-refractivity contribution in [2.75, 3.05) is 0 Å². The van der Waals surface area contributed by atoms with E-state index in [9.17, 15) is 9.59 Å². The molecule has 2 rings (SSSR count). The summed E-state index contributed by atoms with van der Waals surface area (Å²) in [5.74, 6) is 0.730. The highest BCUT2D eigenvalue weighted by molar-refractivity contribution is 6.31. The minimum absolute atomic E-state index is 0.0448. The Balaban J connectivity index is 1.93. The van der Waals surface area contributed by atoms with E-state index in [2.05, 4.69) is 5.32 Å². The number of halogens is 1. The summed E-state index contributed by atoms with van der Waals surface area (Å²) in [6.45, 7) is 9.28. The highest BCUT2D eigenvalue weighted by Crippen LogP contribution is 2.31. The smallest absolute Gasteiger partial charge is 0.407 e. The first-order chi connectivity index (χ1) is 12.6. The molecule has 6 heteroatoms. The molecule has 1 aromatic carbocycles. The molecule has 1 aliphatic rings. The Morgan fingerprint density at radius 1 is 1.19 bits per heavy atom. The zero-order valence-electron chi connectivity index (χ0n) is 16.9. The van der Waals surface area contributed by atoms with Crippen molar-refractivity contribution in [3.8, 4) is 5.75 Å². The molecule has 1 amide bonds. The summed E-state index contributed by atoms with van der Waals surface area (Å²) < 4.78 is 11.5. The van der Waals surface area contributed by atoms with E-state index in [1.54, 1.807) is 12.1 Å². The van der Waals surface area contributed by atoms with E-state index in [0.717, 1.165) is 31.2 Å². The van der Waals surface area contributed by atoms with Gasteiger partial charge in [-0.3, -0.25) is 4.79 Å². The first-order valence-corrected chi connectivity index (χ1v) is 9.96. The third kappa shape index (κ3) is 6.42. The number of ketones is 1. The summed E-state index contributed by atoms with van der Waals surface area (Å²) in [6.07, 6.45) is 3.40. The van der Waals surface area contributed by atoms with Crippen molar-refractivity contribution in [2.24, 2.45) is 0 Å².